The molecule has 0 aliphatic carbocycles. The van der Waals surface area contributed by atoms with Crippen LogP contribution in [0.15, 0.2) is 29.2 Å². The second-order valence-corrected chi connectivity index (χ2v) is 3.49. The second-order valence-electron chi connectivity index (χ2n) is 2.04. The Morgan fingerprint density at radius 3 is 2.18 bits per heavy atom. The molecule has 0 heterocycles. The number of hydrogen-bond acceptors (Lipinski definition) is 3. The number of nitrogens with two attached hydrogens (primary N) is 1. The van der Waals surface area contributed by atoms with E-state index in [1.165, 1.54) is 18.2 Å². The summed E-state index contributed by atoms with van der Waals surface area (Å²) in [5.41, 5.74) is 5.42. The molecule has 0 atom stereocenters. The van der Waals surface area contributed by atoms with Gasteiger partial charge in [-0.3, -0.25) is 0 Å². The summed E-state index contributed by atoms with van der Waals surface area (Å²) in [6.07, 6.45) is 0. The molecule has 0 aliphatic rings. The van der Waals surface area contributed by atoms with Crippen LogP contribution in [0.1, 0.15) is 0 Å². The monoisotopic (exact) mass is 171 g/mol. The summed E-state index contributed by atoms with van der Waals surface area (Å²) in [5, 5.41) is 6.71. The van der Waals surface area contributed by atoms with E-state index in [0.717, 1.165) is 0 Å². The summed E-state index contributed by atoms with van der Waals surface area (Å²) in [7, 11) is -3.91. The Labute approximate surface area is 64.9 Å². The van der Waals surface area contributed by atoms with Crippen molar-refractivity contribution in [2.75, 3.05) is 5.73 Å². The maximum atomic E-state index is 10.6. The van der Waals surface area contributed by atoms with E-state index in [4.69, 9.17) is 10.9 Å². The first-order valence-corrected chi connectivity index (χ1v) is 4.34. The molecule has 0 unspecified atom stereocenters. The van der Waals surface area contributed by atoms with E-state index in [2.05, 4.69) is 0 Å². The fraction of sp³-hybridized carbons (Fsp3) is 0. The van der Waals surface area contributed by atoms with Crippen molar-refractivity contribution >= 4 is 15.7 Å². The van der Waals surface area contributed by atoms with E-state index in [1.807, 2.05) is 0 Å². The lowest BCUT2D eigenvalue weighted by atomic mass is 10.3. The SMILES string of the molecule is [NH]S(=O)(=O)c1ccccc1N. The van der Waals surface area contributed by atoms with Gasteiger partial charge in [-0.15, -0.1) is 5.14 Å². The lowest BCUT2D eigenvalue weighted by Gasteiger charge is -1.99. The van der Waals surface area contributed by atoms with E-state index in [0.29, 0.717) is 0 Å². The highest BCUT2D eigenvalue weighted by molar-refractivity contribution is 7.89. The molecular weight excluding hydrogens is 164 g/mol. The molecule has 0 amide bonds. The van der Waals surface area contributed by atoms with E-state index in [-0.39, 0.29) is 10.6 Å². The van der Waals surface area contributed by atoms with Gasteiger partial charge in [0.15, 0.2) is 0 Å². The molecule has 1 radical (unpaired) electrons. The molecule has 0 fully saturated rings. The smallest absolute Gasteiger partial charge is 0.256 e. The third-order valence-corrected chi connectivity index (χ3v) is 2.16. The van der Waals surface area contributed by atoms with Crippen molar-refractivity contribution in [2.45, 2.75) is 4.90 Å². The normalized spacial score (nSPS) is 11.4. The predicted octanol–water partition coefficient (Wildman–Crippen LogP) is 0.240. The standard InChI is InChI=1S/C6H7N2O2S/c7-5-3-1-2-4-6(5)11(8,9)10/h1-4,8H,7H2. The Morgan fingerprint density at radius 2 is 1.82 bits per heavy atom. The first kappa shape index (κ1) is 8.03. The zero-order chi connectivity index (χ0) is 8.48. The molecule has 59 valence electrons. The van der Waals surface area contributed by atoms with Gasteiger partial charge in [0.1, 0.15) is 4.90 Å². The molecule has 0 aromatic heterocycles. The predicted molar refractivity (Wildman–Crippen MR) is 41.1 cm³/mol. The third kappa shape index (κ3) is 1.69. The molecule has 1 rings (SSSR count). The third-order valence-electron chi connectivity index (χ3n) is 1.21. The van der Waals surface area contributed by atoms with Crippen molar-refractivity contribution in [3.05, 3.63) is 24.3 Å². The van der Waals surface area contributed by atoms with Gasteiger partial charge in [0, 0.05) is 0 Å². The molecule has 3 N–H and O–H groups in total. The lowest BCUT2D eigenvalue weighted by Crippen LogP contribution is -2.04. The van der Waals surface area contributed by atoms with Gasteiger partial charge in [-0.1, -0.05) is 12.1 Å². The number of hydrogen-bond donors (Lipinski definition) is 1. The maximum absolute atomic E-state index is 10.6. The number of sulfonamides is 1. The summed E-state index contributed by atoms with van der Waals surface area (Å²) in [6, 6.07) is 5.89. The Balaban J connectivity index is 3.37. The number of anilines is 1. The Hall–Kier alpha value is -1.07. The summed E-state index contributed by atoms with van der Waals surface area (Å²) < 4.78 is 21.3. The van der Waals surface area contributed by atoms with Crippen LogP contribution in [0.3, 0.4) is 0 Å². The van der Waals surface area contributed by atoms with Crippen molar-refractivity contribution in [3.63, 3.8) is 0 Å². The minimum atomic E-state index is -3.91. The summed E-state index contributed by atoms with van der Waals surface area (Å²) >= 11 is 0. The van der Waals surface area contributed by atoms with Crippen LogP contribution in [-0.2, 0) is 10.0 Å². The second kappa shape index (κ2) is 2.52. The highest BCUT2D eigenvalue weighted by Crippen LogP contribution is 2.15. The highest BCUT2D eigenvalue weighted by atomic mass is 32.2. The minimum absolute atomic E-state index is 0.113. The molecule has 5 heteroatoms. The number of nitrogens with one attached hydrogen (secondary N) is 1. The van der Waals surface area contributed by atoms with Crippen molar-refractivity contribution in [3.8, 4) is 0 Å². The average Bonchev–Trinajstić information content (AvgIpc) is 1.86. The number of rotatable bonds is 1. The van der Waals surface area contributed by atoms with Crippen LogP contribution in [0.2, 0.25) is 0 Å². The fourth-order valence-corrected chi connectivity index (χ4v) is 1.36. The molecule has 11 heavy (non-hydrogen) atoms. The van der Waals surface area contributed by atoms with Crippen molar-refractivity contribution in [2.24, 2.45) is 0 Å². The van der Waals surface area contributed by atoms with Crippen LogP contribution >= 0.6 is 0 Å². The summed E-state index contributed by atoms with van der Waals surface area (Å²) in [6.45, 7) is 0. The summed E-state index contributed by atoms with van der Waals surface area (Å²) in [4.78, 5) is -0.139. The minimum Gasteiger partial charge on any atom is -0.398 e. The fourth-order valence-electron chi connectivity index (χ4n) is 0.725. The first-order valence-electron chi connectivity index (χ1n) is 2.86. The van der Waals surface area contributed by atoms with E-state index < -0.39 is 10.0 Å². The van der Waals surface area contributed by atoms with Crippen LogP contribution in [0, 0.1) is 0 Å². The zero-order valence-electron chi connectivity index (χ0n) is 5.61. The molecule has 0 saturated carbocycles. The molecule has 0 saturated heterocycles. The Kier molecular flexibility index (Phi) is 1.84. The van der Waals surface area contributed by atoms with Gasteiger partial charge >= 0.3 is 0 Å². The van der Waals surface area contributed by atoms with Gasteiger partial charge in [0.2, 0.25) is 0 Å². The van der Waals surface area contributed by atoms with Gasteiger partial charge in [-0.2, -0.15) is 0 Å². The van der Waals surface area contributed by atoms with E-state index in [1.54, 1.807) is 6.07 Å². The highest BCUT2D eigenvalue weighted by Gasteiger charge is 2.10. The van der Waals surface area contributed by atoms with Crippen molar-refractivity contribution in [1.82, 2.24) is 5.14 Å². The topological polar surface area (TPSA) is 84.0 Å². The molecule has 1 aromatic rings. The summed E-state index contributed by atoms with van der Waals surface area (Å²) in [5.74, 6) is 0. The Bertz CT molecular complexity index is 359. The maximum Gasteiger partial charge on any atom is 0.256 e. The van der Waals surface area contributed by atoms with Crippen LogP contribution in [0.5, 0.6) is 0 Å². The molecule has 0 bridgehead atoms. The van der Waals surface area contributed by atoms with E-state index >= 15 is 0 Å². The van der Waals surface area contributed by atoms with Crippen LogP contribution < -0.4 is 10.9 Å². The average molecular weight is 171 g/mol. The van der Waals surface area contributed by atoms with Gasteiger partial charge < -0.3 is 5.73 Å². The van der Waals surface area contributed by atoms with Gasteiger partial charge in [-0.25, -0.2) is 8.42 Å². The Morgan fingerprint density at radius 1 is 1.27 bits per heavy atom. The van der Waals surface area contributed by atoms with Gasteiger partial charge in [0.05, 0.1) is 5.69 Å². The van der Waals surface area contributed by atoms with Gasteiger partial charge in [-0.05, 0) is 12.1 Å². The van der Waals surface area contributed by atoms with E-state index in [9.17, 15) is 8.42 Å². The molecule has 1 aromatic carbocycles. The first-order chi connectivity index (χ1) is 5.02. The van der Waals surface area contributed by atoms with Crippen molar-refractivity contribution in [1.29, 1.82) is 0 Å². The van der Waals surface area contributed by atoms with Crippen LogP contribution in [0.25, 0.3) is 0 Å². The molecule has 4 nitrogen and oxygen atoms in total. The molecule has 0 aliphatic heterocycles. The quantitative estimate of drug-likeness (QED) is 0.614. The number of para-hydroxylation sites is 1. The zero-order valence-corrected chi connectivity index (χ0v) is 6.43. The molecular formula is C6H7N2O2S. The van der Waals surface area contributed by atoms with Gasteiger partial charge in [0.25, 0.3) is 10.0 Å². The van der Waals surface area contributed by atoms with Crippen LogP contribution in [0.4, 0.5) is 5.69 Å². The lowest BCUT2D eigenvalue weighted by molar-refractivity contribution is 0.596. The number of nitrogen functional groups attached to an aromatic ring is 1. The number of benzene rings is 1. The largest absolute Gasteiger partial charge is 0.398 e. The van der Waals surface area contributed by atoms with Crippen LogP contribution in [-0.4, -0.2) is 8.42 Å². The molecule has 0 spiro atoms. The van der Waals surface area contributed by atoms with Crippen molar-refractivity contribution < 1.29 is 8.42 Å².